The molecule has 0 N–H and O–H groups in total. The normalized spacial score (nSPS) is 11.8. The molecule has 9 rings (SSSR count). The number of aromatic nitrogens is 4. The first kappa shape index (κ1) is 36.2. The molecule has 1 radical (unpaired) electrons. The predicted molar refractivity (Wildman–Crippen MR) is 218 cm³/mol. The number of nitrogens with zero attached hydrogens (tertiary/aromatic N) is 4. The maximum Gasteiger partial charge on any atom is 0.168 e. The summed E-state index contributed by atoms with van der Waals surface area (Å²) in [6, 6.07) is 48.0. The van der Waals surface area contributed by atoms with Gasteiger partial charge in [0.1, 0.15) is 5.58 Å². The van der Waals surface area contributed by atoms with Gasteiger partial charge in [-0.05, 0) is 45.4 Å². The van der Waals surface area contributed by atoms with Crippen LogP contribution in [0.5, 0.6) is 0 Å². The quantitative estimate of drug-likeness (QED) is 0.131. The number of imidazole rings is 1. The molecular weight excluding hydrogens is 845 g/mol. The Labute approximate surface area is 325 Å². The second kappa shape index (κ2) is 14.3. The number of benzene rings is 5. The van der Waals surface area contributed by atoms with Crippen molar-refractivity contribution in [3.8, 4) is 28.3 Å². The van der Waals surface area contributed by atoms with E-state index in [4.69, 9.17) is 9.40 Å². The molecule has 0 fully saturated rings. The first-order valence-corrected chi connectivity index (χ1v) is 21.2. The smallest absolute Gasteiger partial charge is 0.168 e. The minimum atomic E-state index is -1.23. The largest absolute Gasteiger partial charge is 0.500 e. The third-order valence-corrected chi connectivity index (χ3v) is 11.6. The van der Waals surface area contributed by atoms with Crippen LogP contribution >= 0.6 is 0 Å². The van der Waals surface area contributed by atoms with Crippen molar-refractivity contribution >= 4 is 57.1 Å². The zero-order valence-corrected chi connectivity index (χ0v) is 34.1. The van der Waals surface area contributed by atoms with E-state index < -0.39 is 8.07 Å². The van der Waals surface area contributed by atoms with Gasteiger partial charge in [0.25, 0.3) is 0 Å². The average Bonchev–Trinajstić information content (AvgIpc) is 3.74. The van der Waals surface area contributed by atoms with E-state index in [1.54, 1.807) is 0 Å². The van der Waals surface area contributed by atoms with Crippen molar-refractivity contribution in [2.45, 2.75) is 45.8 Å². The summed E-state index contributed by atoms with van der Waals surface area (Å²) < 4.78 is 8.84. The van der Waals surface area contributed by atoms with Gasteiger partial charge in [0.2, 0.25) is 0 Å². The van der Waals surface area contributed by atoms with Crippen LogP contribution < -0.4 is 5.19 Å². The van der Waals surface area contributed by atoms with Crippen molar-refractivity contribution in [1.29, 1.82) is 0 Å². The summed E-state index contributed by atoms with van der Waals surface area (Å²) in [7, 11) is -1.23. The van der Waals surface area contributed by atoms with Crippen molar-refractivity contribution in [1.82, 2.24) is 19.5 Å². The topological polar surface area (TPSA) is 56.7 Å². The van der Waals surface area contributed by atoms with Gasteiger partial charge in [0, 0.05) is 49.0 Å². The summed E-state index contributed by atoms with van der Waals surface area (Å²) in [5, 5.41) is 5.80. The van der Waals surface area contributed by atoms with E-state index in [-0.39, 0.29) is 25.5 Å². The summed E-state index contributed by atoms with van der Waals surface area (Å²) in [4.78, 5) is 14.3. The Bertz CT molecular complexity index is 2690. The minimum absolute atomic E-state index is 0. The maximum atomic E-state index is 6.63. The monoisotopic (exact) mass is 885 g/mol. The van der Waals surface area contributed by atoms with Gasteiger partial charge in [0.15, 0.2) is 5.65 Å². The summed E-state index contributed by atoms with van der Waals surface area (Å²) >= 11 is 0. The molecule has 0 aliphatic heterocycles. The molecule has 0 saturated carbocycles. The van der Waals surface area contributed by atoms with Crippen LogP contribution in [0.1, 0.15) is 26.3 Å². The third-order valence-electron chi connectivity index (χ3n) is 9.54. The van der Waals surface area contributed by atoms with Crippen LogP contribution in [0.4, 0.5) is 0 Å². The number of pyridine rings is 2. The Balaban J connectivity index is 0.000000216. The van der Waals surface area contributed by atoms with Crippen LogP contribution in [-0.2, 0) is 25.5 Å². The molecule has 0 bridgehead atoms. The Hall–Kier alpha value is -5.20. The molecular formula is C46H40IrN4OSi-2. The molecule has 0 amide bonds. The Morgan fingerprint density at radius 3 is 2.15 bits per heavy atom. The van der Waals surface area contributed by atoms with E-state index >= 15 is 0 Å². The van der Waals surface area contributed by atoms with Crippen molar-refractivity contribution in [2.75, 3.05) is 0 Å². The Morgan fingerprint density at radius 2 is 1.43 bits per heavy atom. The molecule has 4 heterocycles. The molecule has 9 aromatic rings. The van der Waals surface area contributed by atoms with Crippen molar-refractivity contribution < 1.29 is 24.5 Å². The maximum absolute atomic E-state index is 6.63. The molecule has 7 heteroatoms. The molecule has 4 aromatic heterocycles. The van der Waals surface area contributed by atoms with E-state index in [1.807, 2.05) is 48.8 Å². The predicted octanol–water partition coefficient (Wildman–Crippen LogP) is 11.3. The number of para-hydroxylation sites is 1. The standard InChI is InChI=1S/C32H24N3O.C14H16NSi.Ir/c1-32(2,3)26-18-19-33-30-27(26)35(21-11-5-4-6-12-21)31(34-30)25-15-9-14-23-24-17-16-20-10-7-8-13-22(20)28(24)36-29(23)25;1-16(2,3)13-9-10-14(15-11-13)12-7-5-4-6-8-12;/h4-14,16-19H,1-3H3;4-7,9-11H,1-3H3;/q2*-1;. The SMILES string of the molecule is CC(C)(C)c1ccnc2nc(-c3[c-]ccc4c3oc3c5ccccc5ccc43)n(-c3ccccc3)c12.C[Si](C)(C)c1ccc(-c2[c-]cccc2)nc1.[Ir]. The van der Waals surface area contributed by atoms with Gasteiger partial charge in [-0.3, -0.25) is 4.98 Å². The van der Waals surface area contributed by atoms with Crippen molar-refractivity contribution in [3.05, 3.63) is 151 Å². The van der Waals surface area contributed by atoms with E-state index in [1.165, 1.54) is 10.8 Å². The second-order valence-corrected chi connectivity index (χ2v) is 20.3. The zero-order valence-electron chi connectivity index (χ0n) is 30.7. The van der Waals surface area contributed by atoms with Gasteiger partial charge in [-0.1, -0.05) is 118 Å². The molecule has 0 saturated heterocycles. The summed E-state index contributed by atoms with van der Waals surface area (Å²) in [5.74, 6) is 0.773. The van der Waals surface area contributed by atoms with Gasteiger partial charge in [-0.15, -0.1) is 54.1 Å². The molecule has 53 heavy (non-hydrogen) atoms. The van der Waals surface area contributed by atoms with E-state index in [9.17, 15) is 0 Å². The van der Waals surface area contributed by atoms with Crippen LogP contribution in [0.25, 0.3) is 72.2 Å². The van der Waals surface area contributed by atoms with Crippen LogP contribution in [-0.4, -0.2) is 27.6 Å². The summed E-state index contributed by atoms with van der Waals surface area (Å²) in [6.07, 6.45) is 3.87. The second-order valence-electron chi connectivity index (χ2n) is 15.2. The van der Waals surface area contributed by atoms with Gasteiger partial charge < -0.3 is 14.0 Å². The number of fused-ring (bicyclic) bond motifs is 6. The van der Waals surface area contributed by atoms with E-state index in [2.05, 4.69) is 152 Å². The van der Waals surface area contributed by atoms with Gasteiger partial charge >= 0.3 is 0 Å². The Kier molecular flexibility index (Phi) is 9.77. The van der Waals surface area contributed by atoms with Crippen LogP contribution in [0.15, 0.2) is 138 Å². The number of hydrogen-bond acceptors (Lipinski definition) is 4. The fourth-order valence-corrected chi connectivity index (χ4v) is 7.82. The fraction of sp³-hybridized carbons (Fsp3) is 0.152. The van der Waals surface area contributed by atoms with Gasteiger partial charge in [-0.2, -0.15) is 0 Å². The van der Waals surface area contributed by atoms with Crippen LogP contribution in [0.3, 0.4) is 0 Å². The van der Waals surface area contributed by atoms with Crippen LogP contribution in [0, 0.1) is 12.1 Å². The minimum Gasteiger partial charge on any atom is -0.500 e. The van der Waals surface area contributed by atoms with Crippen molar-refractivity contribution in [2.24, 2.45) is 0 Å². The first-order valence-electron chi connectivity index (χ1n) is 17.7. The molecule has 0 atom stereocenters. The molecule has 5 aromatic carbocycles. The first-order chi connectivity index (χ1) is 25.1. The molecule has 0 spiro atoms. The van der Waals surface area contributed by atoms with Crippen molar-refractivity contribution in [3.63, 3.8) is 0 Å². The molecule has 0 aliphatic carbocycles. The summed E-state index contributed by atoms with van der Waals surface area (Å²) in [5.41, 5.74) is 8.43. The van der Waals surface area contributed by atoms with Gasteiger partial charge in [0.05, 0.1) is 25.0 Å². The molecule has 0 unspecified atom stereocenters. The molecule has 5 nitrogen and oxygen atoms in total. The average molecular weight is 885 g/mol. The zero-order chi connectivity index (χ0) is 36.0. The number of rotatable bonds is 4. The van der Waals surface area contributed by atoms with E-state index in [0.717, 1.165) is 66.6 Å². The fourth-order valence-electron chi connectivity index (χ4n) is 6.79. The number of hydrogen-bond donors (Lipinski definition) is 0. The molecule has 0 aliphatic rings. The van der Waals surface area contributed by atoms with Crippen LogP contribution in [0.2, 0.25) is 19.6 Å². The molecule has 265 valence electrons. The number of furan rings is 1. The Morgan fingerprint density at radius 1 is 0.679 bits per heavy atom. The van der Waals surface area contributed by atoms with Gasteiger partial charge in [-0.25, -0.2) is 4.98 Å². The van der Waals surface area contributed by atoms with E-state index in [0.29, 0.717) is 5.65 Å². The summed E-state index contributed by atoms with van der Waals surface area (Å²) in [6.45, 7) is 13.7. The third kappa shape index (κ3) is 6.88.